The summed E-state index contributed by atoms with van der Waals surface area (Å²) in [6.07, 6.45) is 6.73. The van der Waals surface area contributed by atoms with Gasteiger partial charge in [0.2, 0.25) is 0 Å². The van der Waals surface area contributed by atoms with Gasteiger partial charge in [-0.25, -0.2) is 4.98 Å². The first-order chi connectivity index (χ1) is 12.2. The van der Waals surface area contributed by atoms with Crippen molar-refractivity contribution in [2.75, 3.05) is 32.8 Å². The third-order valence-corrected chi connectivity index (χ3v) is 5.03. The number of hydrogen-bond donors (Lipinski definition) is 1. The molecule has 1 unspecified atom stereocenters. The van der Waals surface area contributed by atoms with E-state index in [4.69, 9.17) is 9.73 Å². The molecule has 25 heavy (non-hydrogen) atoms. The summed E-state index contributed by atoms with van der Waals surface area (Å²) >= 11 is 1.74. The Kier molecular flexibility index (Phi) is 6.04. The van der Waals surface area contributed by atoms with Crippen LogP contribution in [0.4, 0.5) is 0 Å². The van der Waals surface area contributed by atoms with E-state index >= 15 is 0 Å². The topological polar surface area (TPSA) is 67.6 Å². The van der Waals surface area contributed by atoms with Crippen LogP contribution >= 0.6 is 11.3 Å². The second kappa shape index (κ2) is 8.44. The van der Waals surface area contributed by atoms with Gasteiger partial charge in [-0.1, -0.05) is 0 Å². The highest BCUT2D eigenvalue weighted by atomic mass is 32.1. The van der Waals surface area contributed by atoms with E-state index in [-0.39, 0.29) is 6.10 Å². The molecule has 2 aromatic heterocycles. The van der Waals surface area contributed by atoms with Gasteiger partial charge in [-0.2, -0.15) is 5.10 Å². The average Bonchev–Trinajstić information content (AvgIpc) is 3.23. The van der Waals surface area contributed by atoms with Crippen molar-refractivity contribution in [3.05, 3.63) is 34.0 Å². The molecule has 0 radical (unpaired) electrons. The molecule has 7 nitrogen and oxygen atoms in total. The molecular formula is C17H26N6OS. The van der Waals surface area contributed by atoms with Crippen LogP contribution < -0.4 is 5.32 Å². The molecule has 0 amide bonds. The zero-order valence-corrected chi connectivity index (χ0v) is 15.9. The maximum Gasteiger partial charge on any atom is 0.194 e. The summed E-state index contributed by atoms with van der Waals surface area (Å²) in [6.45, 7) is 8.09. The lowest BCUT2D eigenvalue weighted by molar-refractivity contribution is -0.00803. The molecule has 3 rings (SSSR count). The van der Waals surface area contributed by atoms with Gasteiger partial charge in [0.1, 0.15) is 6.10 Å². The molecule has 1 fully saturated rings. The zero-order valence-electron chi connectivity index (χ0n) is 15.1. The van der Waals surface area contributed by atoms with Gasteiger partial charge in [0.15, 0.2) is 5.96 Å². The second-order valence-electron chi connectivity index (χ2n) is 6.10. The van der Waals surface area contributed by atoms with Gasteiger partial charge in [0, 0.05) is 55.9 Å². The fourth-order valence-corrected chi connectivity index (χ4v) is 3.63. The Hall–Kier alpha value is -1.93. The van der Waals surface area contributed by atoms with Gasteiger partial charge in [0.05, 0.1) is 24.4 Å². The van der Waals surface area contributed by atoms with Crippen LogP contribution in [0.25, 0.3) is 0 Å². The van der Waals surface area contributed by atoms with Crippen LogP contribution in [0.3, 0.4) is 0 Å². The standard InChI is InChI=1S/C17H26N6OS/c1-4-18-17(19-6-5-16-20-9-13(2)25-16)23-7-8-24-15(12-23)14-10-21-22(3)11-14/h9-11,15H,4-8,12H2,1-3H3,(H,18,19). The number of aryl methyl sites for hydroxylation is 2. The molecule has 1 atom stereocenters. The molecule has 0 spiro atoms. The molecule has 1 aliphatic rings. The van der Waals surface area contributed by atoms with Gasteiger partial charge < -0.3 is 15.0 Å². The number of aromatic nitrogens is 3. The minimum Gasteiger partial charge on any atom is -0.370 e. The fourth-order valence-electron chi connectivity index (χ4n) is 2.85. The monoisotopic (exact) mass is 362 g/mol. The molecule has 3 heterocycles. The quantitative estimate of drug-likeness (QED) is 0.648. The highest BCUT2D eigenvalue weighted by molar-refractivity contribution is 7.11. The lowest BCUT2D eigenvalue weighted by atomic mass is 10.1. The zero-order chi connectivity index (χ0) is 17.6. The van der Waals surface area contributed by atoms with Crippen LogP contribution in [0, 0.1) is 6.92 Å². The fraction of sp³-hybridized carbons (Fsp3) is 0.588. The molecule has 0 aromatic carbocycles. The summed E-state index contributed by atoms with van der Waals surface area (Å²) in [4.78, 5) is 12.7. The van der Waals surface area contributed by atoms with Crippen LogP contribution in [0.5, 0.6) is 0 Å². The Labute approximate surface area is 152 Å². The van der Waals surface area contributed by atoms with E-state index in [1.54, 1.807) is 11.3 Å². The number of guanidine groups is 1. The predicted octanol–water partition coefficient (Wildman–Crippen LogP) is 1.77. The molecule has 1 saturated heterocycles. The van der Waals surface area contributed by atoms with Gasteiger partial charge in [-0.05, 0) is 13.8 Å². The molecule has 1 N–H and O–H groups in total. The van der Waals surface area contributed by atoms with E-state index in [0.29, 0.717) is 6.61 Å². The number of ether oxygens (including phenoxy) is 1. The van der Waals surface area contributed by atoms with E-state index in [2.05, 4.69) is 34.1 Å². The highest BCUT2D eigenvalue weighted by Gasteiger charge is 2.25. The summed E-state index contributed by atoms with van der Waals surface area (Å²) in [7, 11) is 1.93. The second-order valence-corrected chi connectivity index (χ2v) is 7.42. The number of hydrogen-bond acceptors (Lipinski definition) is 5. The van der Waals surface area contributed by atoms with Crippen LogP contribution in [0.1, 0.15) is 28.5 Å². The Morgan fingerprint density at radius 1 is 1.48 bits per heavy atom. The molecule has 136 valence electrons. The summed E-state index contributed by atoms with van der Waals surface area (Å²) < 4.78 is 7.74. The third kappa shape index (κ3) is 4.79. The number of rotatable bonds is 5. The first-order valence-corrected chi connectivity index (χ1v) is 9.52. The number of aliphatic imine (C=N–C) groups is 1. The van der Waals surface area contributed by atoms with Gasteiger partial charge in [-0.3, -0.25) is 9.67 Å². The normalized spacial score (nSPS) is 18.6. The predicted molar refractivity (Wildman–Crippen MR) is 100 cm³/mol. The Morgan fingerprint density at radius 3 is 3.04 bits per heavy atom. The number of thiazole rings is 1. The number of nitrogens with zero attached hydrogens (tertiary/aromatic N) is 5. The average molecular weight is 363 g/mol. The Bertz CT molecular complexity index is 710. The lowest BCUT2D eigenvalue weighted by Crippen LogP contribution is -2.48. The summed E-state index contributed by atoms with van der Waals surface area (Å²) in [5.74, 6) is 0.952. The molecule has 0 aliphatic carbocycles. The first kappa shape index (κ1) is 17.9. The van der Waals surface area contributed by atoms with E-state index in [0.717, 1.165) is 49.1 Å². The minimum absolute atomic E-state index is 0.0351. The summed E-state index contributed by atoms with van der Waals surface area (Å²) in [5.41, 5.74) is 1.11. The summed E-state index contributed by atoms with van der Waals surface area (Å²) in [5, 5.41) is 8.80. The molecule has 8 heteroatoms. The Balaban J connectivity index is 1.63. The Morgan fingerprint density at radius 2 is 2.36 bits per heavy atom. The lowest BCUT2D eigenvalue weighted by Gasteiger charge is -2.34. The largest absolute Gasteiger partial charge is 0.370 e. The van der Waals surface area contributed by atoms with E-state index in [1.807, 2.05) is 30.3 Å². The summed E-state index contributed by atoms with van der Waals surface area (Å²) in [6, 6.07) is 0. The first-order valence-electron chi connectivity index (χ1n) is 8.70. The van der Waals surface area contributed by atoms with Crippen molar-refractivity contribution in [3.63, 3.8) is 0 Å². The van der Waals surface area contributed by atoms with E-state index in [9.17, 15) is 0 Å². The van der Waals surface area contributed by atoms with Crippen molar-refractivity contribution in [1.29, 1.82) is 0 Å². The van der Waals surface area contributed by atoms with Crippen LogP contribution in [0.15, 0.2) is 23.6 Å². The minimum atomic E-state index is 0.0351. The van der Waals surface area contributed by atoms with Gasteiger partial charge in [0.25, 0.3) is 0 Å². The van der Waals surface area contributed by atoms with Crippen molar-refractivity contribution in [1.82, 2.24) is 25.0 Å². The van der Waals surface area contributed by atoms with Crippen LogP contribution in [-0.2, 0) is 18.2 Å². The smallest absolute Gasteiger partial charge is 0.194 e. The van der Waals surface area contributed by atoms with Gasteiger partial charge >= 0.3 is 0 Å². The van der Waals surface area contributed by atoms with Crippen molar-refractivity contribution in [3.8, 4) is 0 Å². The van der Waals surface area contributed by atoms with Crippen LogP contribution in [0.2, 0.25) is 0 Å². The van der Waals surface area contributed by atoms with Crippen molar-refractivity contribution in [2.45, 2.75) is 26.4 Å². The third-order valence-electron chi connectivity index (χ3n) is 4.05. The van der Waals surface area contributed by atoms with E-state index in [1.165, 1.54) is 4.88 Å². The van der Waals surface area contributed by atoms with Crippen molar-refractivity contribution in [2.24, 2.45) is 12.0 Å². The van der Waals surface area contributed by atoms with Crippen LogP contribution in [-0.4, -0.2) is 58.4 Å². The number of morpholine rings is 1. The molecule has 0 bridgehead atoms. The maximum atomic E-state index is 5.93. The maximum absolute atomic E-state index is 5.93. The molecular weight excluding hydrogens is 336 g/mol. The number of nitrogens with one attached hydrogen (secondary N) is 1. The SMILES string of the molecule is CCNC(=NCCc1ncc(C)s1)N1CCOC(c2cnn(C)c2)C1. The highest BCUT2D eigenvalue weighted by Crippen LogP contribution is 2.21. The molecule has 2 aromatic rings. The van der Waals surface area contributed by atoms with Gasteiger partial charge in [-0.15, -0.1) is 11.3 Å². The van der Waals surface area contributed by atoms with Crippen molar-refractivity contribution < 1.29 is 4.74 Å². The van der Waals surface area contributed by atoms with Crippen molar-refractivity contribution >= 4 is 17.3 Å². The molecule has 0 saturated carbocycles. The molecule has 1 aliphatic heterocycles. The van der Waals surface area contributed by atoms with E-state index < -0.39 is 0 Å².